The zero-order valence-electron chi connectivity index (χ0n) is 12.0. The number of rotatable bonds is 5. The molecule has 2 rings (SSSR count). The van der Waals surface area contributed by atoms with E-state index in [2.05, 4.69) is 10.6 Å². The lowest BCUT2D eigenvalue weighted by atomic mass is 9.98. The summed E-state index contributed by atoms with van der Waals surface area (Å²) < 4.78 is 13.1. The molecule has 1 aromatic rings. The first-order valence-electron chi connectivity index (χ1n) is 7.38. The minimum Gasteiger partial charge on any atom is -0.356 e. The fourth-order valence-corrected chi connectivity index (χ4v) is 2.63. The Balaban J connectivity index is 1.76. The summed E-state index contributed by atoms with van der Waals surface area (Å²) in [6, 6.07) is 6.46. The lowest BCUT2D eigenvalue weighted by molar-refractivity contribution is -0.124. The van der Waals surface area contributed by atoms with Crippen LogP contribution < -0.4 is 10.6 Å². The SMILES string of the molecule is CC(Cc1cccc(F)c1)C(=O)NCC1CCCNC1. The predicted octanol–water partition coefficient (Wildman–Crippen LogP) is 2.12. The van der Waals surface area contributed by atoms with Gasteiger partial charge in [0.1, 0.15) is 5.82 Å². The van der Waals surface area contributed by atoms with Gasteiger partial charge in [0.25, 0.3) is 0 Å². The van der Waals surface area contributed by atoms with Crippen LogP contribution in [-0.2, 0) is 11.2 Å². The summed E-state index contributed by atoms with van der Waals surface area (Å²) in [6.07, 6.45) is 2.93. The molecule has 1 fully saturated rings. The molecule has 2 unspecified atom stereocenters. The van der Waals surface area contributed by atoms with Crippen LogP contribution in [0.2, 0.25) is 0 Å². The fraction of sp³-hybridized carbons (Fsp3) is 0.562. The Labute approximate surface area is 120 Å². The van der Waals surface area contributed by atoms with E-state index in [9.17, 15) is 9.18 Å². The number of carbonyl (C=O) groups is 1. The standard InChI is InChI=1S/C16H23FN2O/c1-12(8-13-4-2-6-15(17)9-13)16(20)19-11-14-5-3-7-18-10-14/h2,4,6,9,12,14,18H,3,5,7-8,10-11H2,1H3,(H,19,20). The highest BCUT2D eigenvalue weighted by atomic mass is 19.1. The third-order valence-electron chi connectivity index (χ3n) is 3.84. The van der Waals surface area contributed by atoms with Crippen molar-refractivity contribution >= 4 is 5.91 Å². The Morgan fingerprint density at radius 3 is 3.10 bits per heavy atom. The molecule has 1 aliphatic rings. The summed E-state index contributed by atoms with van der Waals surface area (Å²) in [7, 11) is 0. The number of nitrogens with one attached hydrogen (secondary N) is 2. The van der Waals surface area contributed by atoms with E-state index < -0.39 is 0 Å². The molecule has 0 aromatic heterocycles. The molecule has 1 aliphatic heterocycles. The third kappa shape index (κ3) is 4.60. The van der Waals surface area contributed by atoms with E-state index in [1.807, 2.05) is 13.0 Å². The van der Waals surface area contributed by atoms with Crippen molar-refractivity contribution in [3.05, 3.63) is 35.6 Å². The summed E-state index contributed by atoms with van der Waals surface area (Å²) >= 11 is 0. The van der Waals surface area contributed by atoms with E-state index in [0.29, 0.717) is 12.3 Å². The molecule has 2 atom stereocenters. The molecule has 0 aliphatic carbocycles. The van der Waals surface area contributed by atoms with E-state index in [4.69, 9.17) is 0 Å². The van der Waals surface area contributed by atoms with E-state index in [1.165, 1.54) is 25.0 Å². The van der Waals surface area contributed by atoms with Gasteiger partial charge in [-0.25, -0.2) is 4.39 Å². The average molecular weight is 278 g/mol. The van der Waals surface area contributed by atoms with Crippen LogP contribution in [0.1, 0.15) is 25.3 Å². The normalized spacial score (nSPS) is 20.4. The second-order valence-corrected chi connectivity index (χ2v) is 5.69. The molecular weight excluding hydrogens is 255 g/mol. The highest BCUT2D eigenvalue weighted by Crippen LogP contribution is 2.12. The van der Waals surface area contributed by atoms with Crippen molar-refractivity contribution in [2.24, 2.45) is 11.8 Å². The molecule has 0 saturated carbocycles. The molecule has 3 nitrogen and oxygen atoms in total. The minimum absolute atomic E-state index is 0.0554. The number of carbonyl (C=O) groups excluding carboxylic acids is 1. The number of hydrogen-bond acceptors (Lipinski definition) is 2. The van der Waals surface area contributed by atoms with Crippen molar-refractivity contribution in [1.29, 1.82) is 0 Å². The van der Waals surface area contributed by atoms with Gasteiger partial charge in [-0.1, -0.05) is 19.1 Å². The van der Waals surface area contributed by atoms with Gasteiger partial charge < -0.3 is 10.6 Å². The summed E-state index contributed by atoms with van der Waals surface area (Å²) in [5, 5.41) is 6.36. The average Bonchev–Trinajstić information content (AvgIpc) is 2.46. The minimum atomic E-state index is -0.247. The molecule has 1 amide bonds. The maximum atomic E-state index is 13.1. The van der Waals surface area contributed by atoms with Crippen LogP contribution in [0.15, 0.2) is 24.3 Å². The van der Waals surface area contributed by atoms with Gasteiger partial charge in [0.2, 0.25) is 5.91 Å². The summed E-state index contributed by atoms with van der Waals surface area (Å²) in [4.78, 5) is 12.0. The maximum absolute atomic E-state index is 13.1. The Hall–Kier alpha value is -1.42. The predicted molar refractivity (Wildman–Crippen MR) is 77.9 cm³/mol. The molecule has 0 radical (unpaired) electrons. The van der Waals surface area contributed by atoms with Gasteiger partial charge in [-0.05, 0) is 56.0 Å². The maximum Gasteiger partial charge on any atom is 0.223 e. The first-order valence-corrected chi connectivity index (χ1v) is 7.38. The molecule has 1 aromatic carbocycles. The third-order valence-corrected chi connectivity index (χ3v) is 3.84. The van der Waals surface area contributed by atoms with Crippen molar-refractivity contribution in [2.75, 3.05) is 19.6 Å². The van der Waals surface area contributed by atoms with E-state index in [0.717, 1.165) is 25.2 Å². The van der Waals surface area contributed by atoms with Gasteiger partial charge in [0.15, 0.2) is 0 Å². The second kappa shape index (κ2) is 7.39. The van der Waals surface area contributed by atoms with Gasteiger partial charge in [0.05, 0.1) is 0 Å². The molecular formula is C16H23FN2O. The highest BCUT2D eigenvalue weighted by Gasteiger charge is 2.17. The second-order valence-electron chi connectivity index (χ2n) is 5.69. The number of hydrogen-bond donors (Lipinski definition) is 2. The highest BCUT2D eigenvalue weighted by molar-refractivity contribution is 5.78. The molecule has 1 saturated heterocycles. The monoisotopic (exact) mass is 278 g/mol. The van der Waals surface area contributed by atoms with Crippen molar-refractivity contribution < 1.29 is 9.18 Å². The first kappa shape index (κ1) is 15.0. The van der Waals surface area contributed by atoms with Crippen molar-refractivity contribution in [2.45, 2.75) is 26.2 Å². The zero-order valence-corrected chi connectivity index (χ0v) is 12.0. The molecule has 1 heterocycles. The molecule has 2 N–H and O–H groups in total. The van der Waals surface area contributed by atoms with Crippen LogP contribution >= 0.6 is 0 Å². The quantitative estimate of drug-likeness (QED) is 0.866. The van der Waals surface area contributed by atoms with Gasteiger partial charge in [-0.3, -0.25) is 4.79 Å². The van der Waals surface area contributed by atoms with Crippen LogP contribution in [0.3, 0.4) is 0 Å². The van der Waals surface area contributed by atoms with Crippen molar-refractivity contribution in [3.63, 3.8) is 0 Å². The van der Waals surface area contributed by atoms with Crippen LogP contribution in [-0.4, -0.2) is 25.5 Å². The topological polar surface area (TPSA) is 41.1 Å². The number of amides is 1. The molecule has 20 heavy (non-hydrogen) atoms. The molecule has 0 bridgehead atoms. The zero-order chi connectivity index (χ0) is 14.4. The van der Waals surface area contributed by atoms with E-state index >= 15 is 0 Å². The van der Waals surface area contributed by atoms with Crippen molar-refractivity contribution in [1.82, 2.24) is 10.6 Å². The van der Waals surface area contributed by atoms with Crippen LogP contribution in [0, 0.1) is 17.7 Å². The molecule has 110 valence electrons. The summed E-state index contributed by atoms with van der Waals surface area (Å²) in [5.74, 6) is 0.214. The Morgan fingerprint density at radius 1 is 1.55 bits per heavy atom. The Bertz CT molecular complexity index is 444. The fourth-order valence-electron chi connectivity index (χ4n) is 2.63. The first-order chi connectivity index (χ1) is 9.65. The van der Waals surface area contributed by atoms with Crippen LogP contribution in [0.4, 0.5) is 4.39 Å². The lowest BCUT2D eigenvalue weighted by Gasteiger charge is -2.23. The number of halogens is 1. The Morgan fingerprint density at radius 2 is 2.40 bits per heavy atom. The Kier molecular flexibility index (Phi) is 5.53. The van der Waals surface area contributed by atoms with E-state index in [-0.39, 0.29) is 17.6 Å². The largest absolute Gasteiger partial charge is 0.356 e. The van der Waals surface area contributed by atoms with Crippen LogP contribution in [0.25, 0.3) is 0 Å². The lowest BCUT2D eigenvalue weighted by Crippen LogP contribution is -2.40. The number of benzene rings is 1. The molecule has 0 spiro atoms. The van der Waals surface area contributed by atoms with Gasteiger partial charge in [0, 0.05) is 12.5 Å². The van der Waals surface area contributed by atoms with Crippen molar-refractivity contribution in [3.8, 4) is 0 Å². The van der Waals surface area contributed by atoms with Gasteiger partial charge >= 0.3 is 0 Å². The summed E-state index contributed by atoms with van der Waals surface area (Å²) in [5.41, 5.74) is 0.868. The summed E-state index contributed by atoms with van der Waals surface area (Å²) in [6.45, 7) is 4.69. The molecule has 4 heteroatoms. The van der Waals surface area contributed by atoms with E-state index in [1.54, 1.807) is 6.07 Å². The van der Waals surface area contributed by atoms with Gasteiger partial charge in [-0.2, -0.15) is 0 Å². The number of piperidine rings is 1. The van der Waals surface area contributed by atoms with Gasteiger partial charge in [-0.15, -0.1) is 0 Å². The smallest absolute Gasteiger partial charge is 0.223 e. The van der Waals surface area contributed by atoms with Crippen LogP contribution in [0.5, 0.6) is 0 Å².